The van der Waals surface area contributed by atoms with Gasteiger partial charge < -0.3 is 10.0 Å². The molecule has 1 heterocycles. The normalized spacial score (nSPS) is 30.8. The lowest BCUT2D eigenvalue weighted by atomic mass is 9.86. The Bertz CT molecular complexity index is 269. The predicted molar refractivity (Wildman–Crippen MR) is 67.6 cm³/mol. The molecule has 0 radical (unpaired) electrons. The number of nitrogens with zero attached hydrogens (tertiary/aromatic N) is 1. The van der Waals surface area contributed by atoms with Crippen molar-refractivity contribution in [3.05, 3.63) is 0 Å². The van der Waals surface area contributed by atoms with Gasteiger partial charge in [-0.15, -0.1) is 0 Å². The number of rotatable bonds is 3. The van der Waals surface area contributed by atoms with E-state index in [1.54, 1.807) is 0 Å². The van der Waals surface area contributed by atoms with Crippen LogP contribution in [0.4, 0.5) is 0 Å². The fraction of sp³-hybridized carbons (Fsp3) is 0.929. The molecule has 1 unspecified atom stereocenters. The smallest absolute Gasteiger partial charge is 0.222 e. The van der Waals surface area contributed by atoms with Gasteiger partial charge in [-0.3, -0.25) is 4.79 Å². The molecular formula is C14H25NO2. The van der Waals surface area contributed by atoms with E-state index in [-0.39, 0.29) is 5.91 Å². The molecule has 2 fully saturated rings. The van der Waals surface area contributed by atoms with Crippen molar-refractivity contribution >= 4 is 5.91 Å². The number of likely N-dealkylation sites (tertiary alicyclic amines) is 1. The zero-order valence-corrected chi connectivity index (χ0v) is 11.0. The molecule has 0 aromatic rings. The van der Waals surface area contributed by atoms with E-state index in [1.807, 2.05) is 11.8 Å². The SMILES string of the molecule is CC1(O)CCN(C(=O)CCC2CCCCC2)C1. The summed E-state index contributed by atoms with van der Waals surface area (Å²) >= 11 is 0. The Kier molecular flexibility index (Phi) is 4.08. The maximum absolute atomic E-state index is 12.0. The van der Waals surface area contributed by atoms with E-state index in [0.717, 1.165) is 25.3 Å². The van der Waals surface area contributed by atoms with Crippen LogP contribution in [0.15, 0.2) is 0 Å². The van der Waals surface area contributed by atoms with Crippen molar-refractivity contribution in [2.75, 3.05) is 13.1 Å². The van der Waals surface area contributed by atoms with Gasteiger partial charge >= 0.3 is 0 Å². The van der Waals surface area contributed by atoms with Gasteiger partial charge in [0.1, 0.15) is 0 Å². The average Bonchev–Trinajstić information content (AvgIpc) is 2.68. The van der Waals surface area contributed by atoms with Crippen LogP contribution in [0.3, 0.4) is 0 Å². The van der Waals surface area contributed by atoms with Gasteiger partial charge in [-0.2, -0.15) is 0 Å². The third-order valence-electron chi connectivity index (χ3n) is 4.30. The fourth-order valence-electron chi connectivity index (χ4n) is 3.12. The van der Waals surface area contributed by atoms with Crippen LogP contribution in [0.1, 0.15) is 58.3 Å². The van der Waals surface area contributed by atoms with E-state index < -0.39 is 5.60 Å². The molecule has 1 saturated carbocycles. The van der Waals surface area contributed by atoms with E-state index in [9.17, 15) is 9.90 Å². The van der Waals surface area contributed by atoms with E-state index >= 15 is 0 Å². The van der Waals surface area contributed by atoms with E-state index in [0.29, 0.717) is 13.0 Å². The molecule has 2 aliphatic rings. The Morgan fingerprint density at radius 3 is 2.65 bits per heavy atom. The van der Waals surface area contributed by atoms with Gasteiger partial charge in [-0.1, -0.05) is 32.1 Å². The molecule has 1 aliphatic carbocycles. The first kappa shape index (κ1) is 12.9. The third kappa shape index (κ3) is 3.70. The summed E-state index contributed by atoms with van der Waals surface area (Å²) in [6.07, 6.45) is 9.14. The number of aliphatic hydroxyl groups is 1. The molecular weight excluding hydrogens is 214 g/mol. The summed E-state index contributed by atoms with van der Waals surface area (Å²) in [5.74, 6) is 1.02. The molecule has 3 heteroatoms. The summed E-state index contributed by atoms with van der Waals surface area (Å²) in [4.78, 5) is 13.8. The van der Waals surface area contributed by atoms with Crippen molar-refractivity contribution < 1.29 is 9.90 Å². The highest BCUT2D eigenvalue weighted by molar-refractivity contribution is 5.76. The Morgan fingerprint density at radius 2 is 2.06 bits per heavy atom. The minimum Gasteiger partial charge on any atom is -0.388 e. The maximum atomic E-state index is 12.0. The second-order valence-corrected chi connectivity index (χ2v) is 6.10. The number of amides is 1. The van der Waals surface area contributed by atoms with Crippen molar-refractivity contribution in [1.29, 1.82) is 0 Å². The van der Waals surface area contributed by atoms with Gasteiger partial charge in [-0.05, 0) is 25.7 Å². The van der Waals surface area contributed by atoms with Gasteiger partial charge in [0.25, 0.3) is 0 Å². The first-order valence-corrected chi connectivity index (χ1v) is 7.07. The highest BCUT2D eigenvalue weighted by atomic mass is 16.3. The van der Waals surface area contributed by atoms with E-state index in [1.165, 1.54) is 32.1 Å². The number of carbonyl (C=O) groups is 1. The van der Waals surface area contributed by atoms with Gasteiger partial charge in [0.05, 0.1) is 5.60 Å². The van der Waals surface area contributed by atoms with Crippen molar-refractivity contribution in [2.45, 2.75) is 63.9 Å². The molecule has 3 nitrogen and oxygen atoms in total. The topological polar surface area (TPSA) is 40.5 Å². The first-order valence-electron chi connectivity index (χ1n) is 7.07. The minimum absolute atomic E-state index is 0.244. The zero-order valence-electron chi connectivity index (χ0n) is 11.0. The number of carbonyl (C=O) groups excluding carboxylic acids is 1. The molecule has 2 rings (SSSR count). The fourth-order valence-corrected chi connectivity index (χ4v) is 3.12. The van der Waals surface area contributed by atoms with Gasteiger partial charge in [0.2, 0.25) is 5.91 Å². The first-order chi connectivity index (χ1) is 8.07. The lowest BCUT2D eigenvalue weighted by Crippen LogP contribution is -2.34. The number of hydrogen-bond donors (Lipinski definition) is 1. The van der Waals surface area contributed by atoms with Gasteiger partial charge in [0, 0.05) is 19.5 Å². The van der Waals surface area contributed by atoms with Crippen LogP contribution in [0.25, 0.3) is 0 Å². The quantitative estimate of drug-likeness (QED) is 0.821. The average molecular weight is 239 g/mol. The highest BCUT2D eigenvalue weighted by Crippen LogP contribution is 2.28. The van der Waals surface area contributed by atoms with Crippen LogP contribution in [0.5, 0.6) is 0 Å². The Balaban J connectivity index is 1.70. The lowest BCUT2D eigenvalue weighted by molar-refractivity contribution is -0.131. The minimum atomic E-state index is -0.652. The Morgan fingerprint density at radius 1 is 1.35 bits per heavy atom. The van der Waals surface area contributed by atoms with Crippen LogP contribution in [0, 0.1) is 5.92 Å². The number of β-amino-alcohol motifs (C(OH)–C–C–N with tert-alkyl or cyclic N) is 1. The molecule has 1 amide bonds. The predicted octanol–water partition coefficient (Wildman–Crippen LogP) is 2.33. The summed E-state index contributed by atoms with van der Waals surface area (Å²) in [5.41, 5.74) is -0.652. The molecule has 0 spiro atoms. The molecule has 1 atom stereocenters. The van der Waals surface area contributed by atoms with Crippen molar-refractivity contribution in [2.24, 2.45) is 5.92 Å². The van der Waals surface area contributed by atoms with Crippen molar-refractivity contribution in [1.82, 2.24) is 4.90 Å². The van der Waals surface area contributed by atoms with Crippen LogP contribution in [0.2, 0.25) is 0 Å². The molecule has 98 valence electrons. The second-order valence-electron chi connectivity index (χ2n) is 6.10. The number of hydrogen-bond acceptors (Lipinski definition) is 2. The molecule has 1 N–H and O–H groups in total. The van der Waals surface area contributed by atoms with Crippen LogP contribution < -0.4 is 0 Å². The van der Waals surface area contributed by atoms with Gasteiger partial charge in [-0.25, -0.2) is 0 Å². The lowest BCUT2D eigenvalue weighted by Gasteiger charge is -2.23. The Hall–Kier alpha value is -0.570. The summed E-state index contributed by atoms with van der Waals surface area (Å²) in [5, 5.41) is 9.84. The van der Waals surface area contributed by atoms with Crippen molar-refractivity contribution in [3.8, 4) is 0 Å². The van der Waals surface area contributed by atoms with E-state index in [4.69, 9.17) is 0 Å². The molecule has 0 aromatic carbocycles. The summed E-state index contributed by atoms with van der Waals surface area (Å²) < 4.78 is 0. The van der Waals surface area contributed by atoms with Crippen LogP contribution in [-0.4, -0.2) is 34.6 Å². The summed E-state index contributed by atoms with van der Waals surface area (Å²) in [6, 6.07) is 0. The van der Waals surface area contributed by atoms with Crippen molar-refractivity contribution in [3.63, 3.8) is 0 Å². The summed E-state index contributed by atoms with van der Waals surface area (Å²) in [7, 11) is 0. The zero-order chi connectivity index (χ0) is 12.3. The largest absolute Gasteiger partial charge is 0.388 e. The van der Waals surface area contributed by atoms with E-state index in [2.05, 4.69) is 0 Å². The standard InChI is InChI=1S/C14H25NO2/c1-14(17)9-10-15(11-14)13(16)8-7-12-5-3-2-4-6-12/h12,17H,2-11H2,1H3. The molecule has 0 bridgehead atoms. The Labute approximate surface area is 104 Å². The van der Waals surface area contributed by atoms with Crippen LogP contribution >= 0.6 is 0 Å². The van der Waals surface area contributed by atoms with Gasteiger partial charge in [0.15, 0.2) is 0 Å². The molecule has 1 aliphatic heterocycles. The second kappa shape index (κ2) is 5.38. The molecule has 1 saturated heterocycles. The van der Waals surface area contributed by atoms with Crippen LogP contribution in [-0.2, 0) is 4.79 Å². The summed E-state index contributed by atoms with van der Waals surface area (Å²) in [6.45, 7) is 3.08. The third-order valence-corrected chi connectivity index (χ3v) is 4.30. The maximum Gasteiger partial charge on any atom is 0.222 e. The molecule has 17 heavy (non-hydrogen) atoms. The highest BCUT2D eigenvalue weighted by Gasteiger charge is 2.33. The monoisotopic (exact) mass is 239 g/mol. The molecule has 0 aromatic heterocycles.